The van der Waals surface area contributed by atoms with Crippen molar-refractivity contribution < 1.29 is 9.00 Å². The van der Waals surface area contributed by atoms with Gasteiger partial charge in [-0.05, 0) is 33.6 Å². The van der Waals surface area contributed by atoms with Crippen LogP contribution in [0.15, 0.2) is 0 Å². The molecule has 1 unspecified atom stereocenters. The Morgan fingerprint density at radius 3 is 1.86 bits per heavy atom. The molecule has 0 aromatic rings. The molecule has 4 heteroatoms. The maximum Gasteiger partial charge on any atom is 0.140 e. The lowest BCUT2D eigenvalue weighted by Gasteiger charge is -2.29. The van der Waals surface area contributed by atoms with Gasteiger partial charge in [0.2, 0.25) is 0 Å². The summed E-state index contributed by atoms with van der Waals surface area (Å²) in [5, 5.41) is 0. The second-order valence-electron chi connectivity index (χ2n) is 4.46. The van der Waals surface area contributed by atoms with E-state index < -0.39 is 16.5 Å². The predicted molar refractivity (Wildman–Crippen MR) is 60.4 cm³/mol. The Morgan fingerprint density at radius 2 is 1.64 bits per heavy atom. The molecule has 0 fully saturated rings. The first kappa shape index (κ1) is 13.8. The maximum atomic E-state index is 11.8. The van der Waals surface area contributed by atoms with E-state index in [1.54, 1.807) is 0 Å². The smallest absolute Gasteiger partial charge is 0.140 e. The van der Waals surface area contributed by atoms with Crippen LogP contribution < -0.4 is 4.72 Å². The van der Waals surface area contributed by atoms with E-state index in [-0.39, 0.29) is 4.75 Å². The van der Waals surface area contributed by atoms with Gasteiger partial charge in [0.1, 0.15) is 6.29 Å². The monoisotopic (exact) mass is 219 g/mol. The fourth-order valence-corrected chi connectivity index (χ4v) is 1.93. The van der Waals surface area contributed by atoms with Gasteiger partial charge in [0.15, 0.2) is 0 Å². The van der Waals surface area contributed by atoms with Crippen molar-refractivity contribution in [3.8, 4) is 0 Å². The first-order valence-electron chi connectivity index (χ1n) is 4.97. The minimum Gasteiger partial charge on any atom is -0.301 e. The molecule has 1 atom stereocenters. The second-order valence-corrected chi connectivity index (χ2v) is 6.43. The Labute approximate surface area is 89.2 Å². The van der Waals surface area contributed by atoms with Crippen molar-refractivity contribution >= 4 is 17.3 Å². The number of carbonyl (C=O) groups is 1. The van der Waals surface area contributed by atoms with E-state index in [1.165, 1.54) is 0 Å². The van der Waals surface area contributed by atoms with Crippen LogP contribution in [0.5, 0.6) is 0 Å². The van der Waals surface area contributed by atoms with E-state index in [9.17, 15) is 9.00 Å². The van der Waals surface area contributed by atoms with Crippen LogP contribution in [0.2, 0.25) is 0 Å². The van der Waals surface area contributed by atoms with Crippen molar-refractivity contribution in [1.29, 1.82) is 0 Å². The molecule has 0 radical (unpaired) electrons. The van der Waals surface area contributed by atoms with Crippen LogP contribution in [-0.4, -0.2) is 20.8 Å². The van der Waals surface area contributed by atoms with Gasteiger partial charge in [-0.15, -0.1) is 0 Å². The molecule has 0 saturated heterocycles. The summed E-state index contributed by atoms with van der Waals surface area (Å²) in [5.74, 6) is 0. The number of hydrogen-bond acceptors (Lipinski definition) is 2. The second kappa shape index (κ2) is 5.03. The maximum absolute atomic E-state index is 11.8. The third kappa shape index (κ3) is 3.50. The Bertz CT molecular complexity index is 217. The molecule has 0 aromatic heterocycles. The summed E-state index contributed by atoms with van der Waals surface area (Å²) in [6.45, 7) is 9.50. The molecule has 0 saturated carbocycles. The molecule has 1 N–H and O–H groups in total. The first-order valence-corrected chi connectivity index (χ1v) is 6.12. The summed E-state index contributed by atoms with van der Waals surface area (Å²) in [7, 11) is -1.19. The molecular formula is C10H21NO2S. The minimum absolute atomic E-state index is 0.335. The van der Waals surface area contributed by atoms with Crippen LogP contribution in [0.3, 0.4) is 0 Å². The zero-order valence-corrected chi connectivity index (χ0v) is 10.5. The van der Waals surface area contributed by atoms with Gasteiger partial charge < -0.3 is 4.79 Å². The largest absolute Gasteiger partial charge is 0.301 e. The summed E-state index contributed by atoms with van der Waals surface area (Å²) >= 11 is 0. The molecule has 0 aliphatic heterocycles. The standard InChI is InChI=1S/C10H21NO2S/c1-6-10(7-2,8-12)11-14(13)9(3,4)5/h8,11H,6-7H2,1-5H3. The third-order valence-corrected chi connectivity index (χ3v) is 4.04. The van der Waals surface area contributed by atoms with Crippen LogP contribution in [0.4, 0.5) is 0 Å². The van der Waals surface area contributed by atoms with Crippen molar-refractivity contribution in [3.63, 3.8) is 0 Å². The molecule has 0 aliphatic rings. The normalized spacial score (nSPS) is 15.2. The van der Waals surface area contributed by atoms with Crippen molar-refractivity contribution in [2.45, 2.75) is 57.7 Å². The van der Waals surface area contributed by atoms with E-state index in [1.807, 2.05) is 34.6 Å². The molecule has 0 amide bonds. The van der Waals surface area contributed by atoms with Crippen LogP contribution in [-0.2, 0) is 15.8 Å². The highest BCUT2D eigenvalue weighted by Crippen LogP contribution is 2.17. The summed E-state index contributed by atoms with van der Waals surface area (Å²) in [4.78, 5) is 11.0. The fraction of sp³-hybridized carbons (Fsp3) is 0.900. The highest BCUT2D eigenvalue weighted by molar-refractivity contribution is 7.84. The molecule has 14 heavy (non-hydrogen) atoms. The van der Waals surface area contributed by atoms with Crippen LogP contribution in [0.1, 0.15) is 47.5 Å². The zero-order valence-electron chi connectivity index (χ0n) is 9.72. The predicted octanol–water partition coefficient (Wildman–Crippen LogP) is 1.80. The van der Waals surface area contributed by atoms with Gasteiger partial charge in [-0.25, -0.2) is 8.93 Å². The molecule has 0 spiro atoms. The van der Waals surface area contributed by atoms with E-state index in [0.717, 1.165) is 6.29 Å². The number of nitrogens with one attached hydrogen (secondary N) is 1. The van der Waals surface area contributed by atoms with Gasteiger partial charge in [-0.3, -0.25) is 0 Å². The highest BCUT2D eigenvalue weighted by Gasteiger charge is 2.31. The summed E-state index contributed by atoms with van der Waals surface area (Å²) in [6, 6.07) is 0. The van der Waals surface area contributed by atoms with Crippen LogP contribution in [0, 0.1) is 0 Å². The average Bonchev–Trinajstić information content (AvgIpc) is 2.12. The average molecular weight is 219 g/mol. The minimum atomic E-state index is -1.19. The van der Waals surface area contributed by atoms with Crippen molar-refractivity contribution in [2.24, 2.45) is 0 Å². The lowest BCUT2D eigenvalue weighted by molar-refractivity contribution is -0.112. The topological polar surface area (TPSA) is 46.2 Å². The quantitative estimate of drug-likeness (QED) is 0.717. The molecule has 0 aliphatic carbocycles. The number of aldehydes is 1. The van der Waals surface area contributed by atoms with Crippen molar-refractivity contribution in [1.82, 2.24) is 4.72 Å². The molecule has 0 aromatic carbocycles. The van der Waals surface area contributed by atoms with Gasteiger partial charge >= 0.3 is 0 Å². The number of rotatable bonds is 5. The van der Waals surface area contributed by atoms with E-state index in [2.05, 4.69) is 4.72 Å². The first-order chi connectivity index (χ1) is 6.31. The van der Waals surface area contributed by atoms with Crippen LogP contribution in [0.25, 0.3) is 0 Å². The number of carbonyl (C=O) groups excluding carboxylic acids is 1. The van der Waals surface area contributed by atoms with E-state index >= 15 is 0 Å². The molecule has 0 bridgehead atoms. The summed E-state index contributed by atoms with van der Waals surface area (Å²) in [6.07, 6.45) is 2.19. The Morgan fingerprint density at radius 1 is 1.21 bits per heavy atom. The van der Waals surface area contributed by atoms with Gasteiger partial charge in [0, 0.05) is 0 Å². The Balaban J connectivity index is 4.62. The molecule has 0 rings (SSSR count). The van der Waals surface area contributed by atoms with E-state index in [0.29, 0.717) is 12.8 Å². The van der Waals surface area contributed by atoms with Crippen molar-refractivity contribution in [2.75, 3.05) is 0 Å². The lowest BCUT2D eigenvalue weighted by atomic mass is 9.97. The van der Waals surface area contributed by atoms with Gasteiger partial charge in [0.25, 0.3) is 0 Å². The molecular weight excluding hydrogens is 198 g/mol. The number of hydrogen-bond donors (Lipinski definition) is 1. The van der Waals surface area contributed by atoms with Crippen LogP contribution >= 0.6 is 0 Å². The summed E-state index contributed by atoms with van der Waals surface area (Å²) in [5.41, 5.74) is -0.627. The van der Waals surface area contributed by atoms with Gasteiger partial charge in [-0.2, -0.15) is 0 Å². The van der Waals surface area contributed by atoms with Gasteiger partial charge in [-0.1, -0.05) is 13.8 Å². The van der Waals surface area contributed by atoms with Crippen molar-refractivity contribution in [3.05, 3.63) is 0 Å². The SMILES string of the molecule is CCC(C=O)(CC)NS(=O)C(C)(C)C. The highest BCUT2D eigenvalue weighted by atomic mass is 32.2. The third-order valence-electron chi connectivity index (χ3n) is 2.34. The molecule has 3 nitrogen and oxygen atoms in total. The van der Waals surface area contributed by atoms with Gasteiger partial charge in [0.05, 0.1) is 21.3 Å². The molecule has 0 heterocycles. The summed E-state index contributed by atoms with van der Waals surface area (Å²) < 4.78 is 14.4. The molecule has 84 valence electrons. The fourth-order valence-electron chi connectivity index (χ4n) is 0.923. The lowest BCUT2D eigenvalue weighted by Crippen LogP contribution is -2.50. The van der Waals surface area contributed by atoms with E-state index in [4.69, 9.17) is 0 Å². The Hall–Kier alpha value is -0.220. The Kier molecular flexibility index (Phi) is 4.95. The zero-order chi connectivity index (χ0) is 11.4.